The number of likely N-dealkylation sites (tertiary alicyclic amines) is 1. The van der Waals surface area contributed by atoms with Gasteiger partial charge in [-0.1, -0.05) is 6.07 Å². The van der Waals surface area contributed by atoms with Gasteiger partial charge in [-0.2, -0.15) is 0 Å². The number of carbonyl (C=O) groups excluding carboxylic acids is 2. The van der Waals surface area contributed by atoms with E-state index in [0.29, 0.717) is 25.2 Å². The van der Waals surface area contributed by atoms with Crippen LogP contribution in [0.2, 0.25) is 0 Å². The van der Waals surface area contributed by atoms with Gasteiger partial charge in [0.15, 0.2) is 0 Å². The highest BCUT2D eigenvalue weighted by molar-refractivity contribution is 5.98. The predicted molar refractivity (Wildman–Crippen MR) is 87.1 cm³/mol. The lowest BCUT2D eigenvalue weighted by molar-refractivity contribution is 0.0106. The van der Waals surface area contributed by atoms with E-state index in [9.17, 15) is 14.0 Å². The molecule has 2 heterocycles. The van der Waals surface area contributed by atoms with Crippen LogP contribution in [-0.4, -0.2) is 46.5 Å². The third-order valence-corrected chi connectivity index (χ3v) is 4.39. The average Bonchev–Trinajstić information content (AvgIpc) is 2.83. The van der Waals surface area contributed by atoms with Gasteiger partial charge >= 0.3 is 6.09 Å². The third-order valence-electron chi connectivity index (χ3n) is 4.39. The van der Waals surface area contributed by atoms with Crippen LogP contribution in [0.3, 0.4) is 0 Å². The van der Waals surface area contributed by atoms with Gasteiger partial charge < -0.3 is 14.5 Å². The molecule has 0 aromatic heterocycles. The van der Waals surface area contributed by atoms with E-state index in [0.717, 1.165) is 18.4 Å². The minimum atomic E-state index is -0.540. The molecule has 1 fully saturated rings. The van der Waals surface area contributed by atoms with E-state index in [1.807, 2.05) is 20.8 Å². The molecule has 1 aromatic carbocycles. The standard InChI is InChI=1S/C18H23FN2O3/c1-18(2,3)24-17(23)20-8-4-5-14(11-20)21-10-12-6-7-13(19)9-15(12)16(21)22/h6-7,9,14H,4-5,8,10-11H2,1-3H3/t14-/m1/s1. The maximum atomic E-state index is 13.4. The van der Waals surface area contributed by atoms with Crippen molar-refractivity contribution in [1.29, 1.82) is 0 Å². The van der Waals surface area contributed by atoms with Crippen LogP contribution >= 0.6 is 0 Å². The molecule has 0 unspecified atom stereocenters. The second kappa shape index (κ2) is 6.07. The van der Waals surface area contributed by atoms with Gasteiger partial charge in [0.05, 0.1) is 6.04 Å². The van der Waals surface area contributed by atoms with E-state index < -0.39 is 11.4 Å². The summed E-state index contributed by atoms with van der Waals surface area (Å²) in [5, 5.41) is 0. The van der Waals surface area contributed by atoms with Crippen molar-refractivity contribution in [3.8, 4) is 0 Å². The molecule has 1 atom stereocenters. The molecule has 5 nitrogen and oxygen atoms in total. The zero-order chi connectivity index (χ0) is 17.5. The summed E-state index contributed by atoms with van der Waals surface area (Å²) in [5.74, 6) is -0.552. The number of carbonyl (C=O) groups is 2. The molecule has 1 saturated heterocycles. The molecule has 0 saturated carbocycles. The summed E-state index contributed by atoms with van der Waals surface area (Å²) >= 11 is 0. The normalized spacial score (nSPS) is 21.0. The van der Waals surface area contributed by atoms with E-state index in [-0.39, 0.29) is 18.0 Å². The van der Waals surface area contributed by atoms with Crippen LogP contribution in [0.15, 0.2) is 18.2 Å². The van der Waals surface area contributed by atoms with Crippen LogP contribution in [0.5, 0.6) is 0 Å². The summed E-state index contributed by atoms with van der Waals surface area (Å²) < 4.78 is 18.8. The van der Waals surface area contributed by atoms with Gasteiger partial charge in [-0.25, -0.2) is 9.18 Å². The molecular formula is C18H23FN2O3. The lowest BCUT2D eigenvalue weighted by Gasteiger charge is -2.38. The Hall–Kier alpha value is -2.11. The molecule has 130 valence electrons. The van der Waals surface area contributed by atoms with Gasteiger partial charge in [0.1, 0.15) is 11.4 Å². The van der Waals surface area contributed by atoms with Gasteiger partial charge in [0, 0.05) is 25.2 Å². The van der Waals surface area contributed by atoms with Gasteiger partial charge in [0.25, 0.3) is 5.91 Å². The first-order valence-corrected chi connectivity index (χ1v) is 8.32. The number of fused-ring (bicyclic) bond motifs is 1. The number of ether oxygens (including phenoxy) is 1. The number of benzene rings is 1. The Morgan fingerprint density at radius 3 is 2.79 bits per heavy atom. The van der Waals surface area contributed by atoms with Crippen molar-refractivity contribution >= 4 is 12.0 Å². The molecule has 0 spiro atoms. The molecule has 1 aromatic rings. The van der Waals surface area contributed by atoms with Crippen LogP contribution in [0.4, 0.5) is 9.18 Å². The highest BCUT2D eigenvalue weighted by Crippen LogP contribution is 2.29. The number of rotatable bonds is 1. The minimum Gasteiger partial charge on any atom is -0.444 e. The number of hydrogen-bond acceptors (Lipinski definition) is 3. The predicted octanol–water partition coefficient (Wildman–Crippen LogP) is 3.18. The summed E-state index contributed by atoms with van der Waals surface area (Å²) in [5.41, 5.74) is 0.738. The average molecular weight is 334 g/mol. The first-order valence-electron chi connectivity index (χ1n) is 8.32. The summed E-state index contributed by atoms with van der Waals surface area (Å²) in [7, 11) is 0. The molecule has 0 N–H and O–H groups in total. The first-order chi connectivity index (χ1) is 11.2. The van der Waals surface area contributed by atoms with E-state index in [2.05, 4.69) is 0 Å². The molecule has 6 heteroatoms. The molecule has 2 aliphatic rings. The Balaban J connectivity index is 1.70. The molecule has 0 bridgehead atoms. The maximum absolute atomic E-state index is 13.4. The smallest absolute Gasteiger partial charge is 0.410 e. The lowest BCUT2D eigenvalue weighted by Crippen LogP contribution is -2.50. The highest BCUT2D eigenvalue weighted by atomic mass is 19.1. The fourth-order valence-corrected chi connectivity index (χ4v) is 3.29. The summed E-state index contributed by atoms with van der Waals surface area (Å²) in [6.07, 6.45) is 1.31. The van der Waals surface area contributed by atoms with Crippen molar-refractivity contribution in [2.24, 2.45) is 0 Å². The van der Waals surface area contributed by atoms with Crippen molar-refractivity contribution in [1.82, 2.24) is 9.80 Å². The van der Waals surface area contributed by atoms with Crippen LogP contribution in [-0.2, 0) is 11.3 Å². The Morgan fingerprint density at radius 1 is 1.33 bits per heavy atom. The third kappa shape index (κ3) is 3.37. The molecule has 2 aliphatic heterocycles. The highest BCUT2D eigenvalue weighted by Gasteiger charge is 2.37. The Bertz CT molecular complexity index is 669. The van der Waals surface area contributed by atoms with Gasteiger partial charge in [-0.05, 0) is 51.3 Å². The fourth-order valence-electron chi connectivity index (χ4n) is 3.29. The van der Waals surface area contributed by atoms with Gasteiger partial charge in [-0.15, -0.1) is 0 Å². The van der Waals surface area contributed by atoms with Crippen molar-refractivity contribution in [2.75, 3.05) is 13.1 Å². The Labute approximate surface area is 141 Å². The van der Waals surface area contributed by atoms with E-state index in [1.165, 1.54) is 12.1 Å². The van der Waals surface area contributed by atoms with Gasteiger partial charge in [0.2, 0.25) is 0 Å². The largest absolute Gasteiger partial charge is 0.444 e. The van der Waals surface area contributed by atoms with Crippen LogP contribution < -0.4 is 0 Å². The van der Waals surface area contributed by atoms with Crippen LogP contribution in [0, 0.1) is 5.82 Å². The Kier molecular flexibility index (Phi) is 4.24. The Morgan fingerprint density at radius 2 is 2.08 bits per heavy atom. The summed E-state index contributed by atoms with van der Waals surface area (Å²) in [4.78, 5) is 28.3. The summed E-state index contributed by atoms with van der Waals surface area (Å²) in [6, 6.07) is 4.28. The van der Waals surface area contributed by atoms with Crippen molar-refractivity contribution < 1.29 is 18.7 Å². The van der Waals surface area contributed by atoms with Crippen LogP contribution in [0.1, 0.15) is 49.5 Å². The van der Waals surface area contributed by atoms with Gasteiger partial charge in [-0.3, -0.25) is 4.79 Å². The van der Waals surface area contributed by atoms with Crippen molar-refractivity contribution in [2.45, 2.75) is 51.8 Å². The molecular weight excluding hydrogens is 311 g/mol. The second-order valence-corrected chi connectivity index (χ2v) is 7.46. The molecule has 0 radical (unpaired) electrons. The number of nitrogens with zero attached hydrogens (tertiary/aromatic N) is 2. The fraction of sp³-hybridized carbons (Fsp3) is 0.556. The minimum absolute atomic E-state index is 0.0609. The second-order valence-electron chi connectivity index (χ2n) is 7.46. The maximum Gasteiger partial charge on any atom is 0.410 e. The monoisotopic (exact) mass is 334 g/mol. The molecule has 0 aliphatic carbocycles. The number of piperidine rings is 1. The quantitative estimate of drug-likeness (QED) is 0.792. The number of amides is 2. The number of hydrogen-bond donors (Lipinski definition) is 0. The number of halogens is 1. The SMILES string of the molecule is CC(C)(C)OC(=O)N1CCC[C@@H](N2Cc3ccc(F)cc3C2=O)C1. The lowest BCUT2D eigenvalue weighted by atomic mass is 10.0. The van der Waals surface area contributed by atoms with Crippen molar-refractivity contribution in [3.63, 3.8) is 0 Å². The topological polar surface area (TPSA) is 49.9 Å². The van der Waals surface area contributed by atoms with E-state index in [4.69, 9.17) is 4.74 Å². The molecule has 3 rings (SSSR count). The van der Waals surface area contributed by atoms with E-state index >= 15 is 0 Å². The van der Waals surface area contributed by atoms with Crippen LogP contribution in [0.25, 0.3) is 0 Å². The van der Waals surface area contributed by atoms with E-state index in [1.54, 1.807) is 15.9 Å². The first kappa shape index (κ1) is 16.7. The molecule has 2 amide bonds. The van der Waals surface area contributed by atoms with Crippen molar-refractivity contribution in [3.05, 3.63) is 35.1 Å². The summed E-state index contributed by atoms with van der Waals surface area (Å²) in [6.45, 7) is 7.07. The zero-order valence-electron chi connectivity index (χ0n) is 14.3. The zero-order valence-corrected chi connectivity index (χ0v) is 14.3. The molecule has 24 heavy (non-hydrogen) atoms.